The molecule has 1 saturated carbocycles. The van der Waals surface area contributed by atoms with Crippen LogP contribution in [-0.4, -0.2) is 5.78 Å². The number of hydrogen-bond acceptors (Lipinski definition) is 1. The average Bonchev–Trinajstić information content (AvgIpc) is 2.73. The van der Waals surface area contributed by atoms with E-state index in [2.05, 4.69) is 62.0 Å². The fraction of sp³-hybridized carbons (Fsp3) is 0.423. The van der Waals surface area contributed by atoms with Gasteiger partial charge in [0.25, 0.3) is 0 Å². The van der Waals surface area contributed by atoms with Crippen LogP contribution in [0.1, 0.15) is 68.9 Å². The van der Waals surface area contributed by atoms with E-state index in [4.69, 9.17) is 0 Å². The number of aryl methyl sites for hydroxylation is 1. The van der Waals surface area contributed by atoms with Gasteiger partial charge in [-0.25, -0.2) is 0 Å². The summed E-state index contributed by atoms with van der Waals surface area (Å²) in [4.78, 5) is 11.4. The second-order valence-electron chi connectivity index (χ2n) is 8.00. The first-order valence-corrected chi connectivity index (χ1v) is 10.5. The molecule has 3 rings (SSSR count). The summed E-state index contributed by atoms with van der Waals surface area (Å²) in [7, 11) is 0. The first-order valence-electron chi connectivity index (χ1n) is 10.5. The van der Waals surface area contributed by atoms with Gasteiger partial charge in [-0.15, -0.1) is 0 Å². The lowest BCUT2D eigenvalue weighted by atomic mass is 9.77. The molecule has 0 N–H and O–H groups in total. The molecule has 0 heterocycles. The van der Waals surface area contributed by atoms with Crippen molar-refractivity contribution in [2.24, 2.45) is 5.92 Å². The molecule has 0 bridgehead atoms. The predicted octanol–water partition coefficient (Wildman–Crippen LogP) is 7.12. The molecule has 0 unspecified atom stereocenters. The maximum Gasteiger partial charge on any atom is 0.155 e. The highest BCUT2D eigenvalue weighted by Gasteiger charge is 2.21. The van der Waals surface area contributed by atoms with Gasteiger partial charge in [0.2, 0.25) is 0 Å². The zero-order valence-corrected chi connectivity index (χ0v) is 16.6. The van der Waals surface area contributed by atoms with E-state index >= 15 is 0 Å². The fourth-order valence-corrected chi connectivity index (χ4v) is 4.37. The minimum Gasteiger partial charge on any atom is -0.295 e. The van der Waals surface area contributed by atoms with Crippen LogP contribution >= 0.6 is 0 Å². The van der Waals surface area contributed by atoms with Crippen molar-refractivity contribution in [3.8, 4) is 11.1 Å². The molecule has 27 heavy (non-hydrogen) atoms. The average molecular weight is 361 g/mol. The molecule has 1 aliphatic carbocycles. The minimum atomic E-state index is 0.110. The highest BCUT2D eigenvalue weighted by molar-refractivity contribution is 5.89. The molecule has 1 heteroatoms. The molecule has 2 aromatic carbocycles. The second-order valence-corrected chi connectivity index (χ2v) is 8.00. The van der Waals surface area contributed by atoms with Gasteiger partial charge in [-0.1, -0.05) is 74.9 Å². The van der Waals surface area contributed by atoms with E-state index in [1.165, 1.54) is 66.9 Å². The third-order valence-electron chi connectivity index (χ3n) is 6.10. The normalized spacial score (nSPS) is 19.6. The second kappa shape index (κ2) is 9.69. The zero-order chi connectivity index (χ0) is 19.1. The number of hydrogen-bond donors (Lipinski definition) is 0. The van der Waals surface area contributed by atoms with Crippen molar-refractivity contribution in [1.29, 1.82) is 0 Å². The first kappa shape index (κ1) is 19.6. The highest BCUT2D eigenvalue weighted by atomic mass is 16.1. The Morgan fingerprint density at radius 2 is 1.56 bits per heavy atom. The van der Waals surface area contributed by atoms with E-state index < -0.39 is 0 Å². The summed E-state index contributed by atoms with van der Waals surface area (Å²) in [5.41, 5.74) is 5.22. The Balaban J connectivity index is 1.58. The van der Waals surface area contributed by atoms with Crippen LogP contribution in [0.15, 0.2) is 61.2 Å². The molecule has 1 aliphatic rings. The molecule has 0 atom stereocenters. The third kappa shape index (κ3) is 5.42. The maximum atomic E-state index is 11.4. The first-order chi connectivity index (χ1) is 13.2. The quantitative estimate of drug-likeness (QED) is 0.458. The van der Waals surface area contributed by atoms with Gasteiger partial charge in [0, 0.05) is 6.42 Å². The number of allylic oxidation sites excluding steroid dienone is 1. The van der Waals surface area contributed by atoms with E-state index in [1.54, 1.807) is 0 Å². The van der Waals surface area contributed by atoms with Gasteiger partial charge in [0.15, 0.2) is 5.78 Å². The van der Waals surface area contributed by atoms with Crippen LogP contribution in [0.25, 0.3) is 11.1 Å². The Labute approximate surface area is 164 Å². The number of benzene rings is 2. The fourth-order valence-electron chi connectivity index (χ4n) is 4.37. The van der Waals surface area contributed by atoms with Gasteiger partial charge >= 0.3 is 0 Å². The molecule has 0 amide bonds. The zero-order valence-electron chi connectivity index (χ0n) is 16.6. The molecular formula is C26H32O. The summed E-state index contributed by atoms with van der Waals surface area (Å²) in [6, 6.07) is 17.8. The van der Waals surface area contributed by atoms with Crippen LogP contribution in [0.3, 0.4) is 0 Å². The van der Waals surface area contributed by atoms with Gasteiger partial charge in [-0.3, -0.25) is 4.79 Å². The summed E-state index contributed by atoms with van der Waals surface area (Å²) < 4.78 is 0. The van der Waals surface area contributed by atoms with Crippen LogP contribution in [0.4, 0.5) is 0 Å². The van der Waals surface area contributed by atoms with Crippen LogP contribution in [0, 0.1) is 5.92 Å². The maximum absolute atomic E-state index is 11.4. The molecule has 0 aromatic heterocycles. The summed E-state index contributed by atoms with van der Waals surface area (Å²) in [5, 5.41) is 0. The van der Waals surface area contributed by atoms with Crippen molar-refractivity contribution in [3.05, 3.63) is 72.3 Å². The third-order valence-corrected chi connectivity index (χ3v) is 6.10. The molecule has 2 aromatic rings. The minimum absolute atomic E-state index is 0.110. The largest absolute Gasteiger partial charge is 0.295 e. The summed E-state index contributed by atoms with van der Waals surface area (Å²) in [6.45, 7) is 5.83. The molecule has 0 spiro atoms. The topological polar surface area (TPSA) is 17.1 Å². The van der Waals surface area contributed by atoms with Crippen molar-refractivity contribution < 1.29 is 4.79 Å². The van der Waals surface area contributed by atoms with Gasteiger partial charge < -0.3 is 0 Å². The van der Waals surface area contributed by atoms with E-state index in [-0.39, 0.29) is 5.78 Å². The Morgan fingerprint density at radius 1 is 0.963 bits per heavy atom. The van der Waals surface area contributed by atoms with Crippen molar-refractivity contribution in [1.82, 2.24) is 0 Å². The lowest BCUT2D eigenvalue weighted by Gasteiger charge is -2.28. The Kier molecular flexibility index (Phi) is 7.04. The van der Waals surface area contributed by atoms with E-state index in [0.717, 1.165) is 18.3 Å². The van der Waals surface area contributed by atoms with Crippen LogP contribution in [0.5, 0.6) is 0 Å². The van der Waals surface area contributed by atoms with E-state index in [9.17, 15) is 4.79 Å². The molecular weight excluding hydrogens is 328 g/mol. The molecule has 0 radical (unpaired) electrons. The van der Waals surface area contributed by atoms with Crippen molar-refractivity contribution in [3.63, 3.8) is 0 Å². The van der Waals surface area contributed by atoms with Gasteiger partial charge in [-0.05, 0) is 72.3 Å². The standard InChI is InChI=1S/C26H32O/c1-3-5-20-6-11-22(12-7-20)24-15-17-25(18-16-24)23-13-8-21(9-14-23)10-19-26(27)4-2/h4,8-9,13-18,20,22H,2-3,5-7,10-12,19H2,1H3. The molecule has 1 fully saturated rings. The summed E-state index contributed by atoms with van der Waals surface area (Å²) >= 11 is 0. The molecule has 0 aliphatic heterocycles. The predicted molar refractivity (Wildman–Crippen MR) is 115 cm³/mol. The monoisotopic (exact) mass is 360 g/mol. The summed E-state index contributed by atoms with van der Waals surface area (Å²) in [6.07, 6.45) is 11.0. The summed E-state index contributed by atoms with van der Waals surface area (Å²) in [5.74, 6) is 1.82. The van der Waals surface area contributed by atoms with Gasteiger partial charge in [0.05, 0.1) is 0 Å². The molecule has 142 valence electrons. The van der Waals surface area contributed by atoms with E-state index in [0.29, 0.717) is 6.42 Å². The van der Waals surface area contributed by atoms with Gasteiger partial charge in [-0.2, -0.15) is 0 Å². The number of rotatable bonds is 8. The lowest BCUT2D eigenvalue weighted by molar-refractivity contribution is -0.114. The van der Waals surface area contributed by atoms with Gasteiger partial charge in [0.1, 0.15) is 0 Å². The lowest BCUT2D eigenvalue weighted by Crippen LogP contribution is -2.13. The smallest absolute Gasteiger partial charge is 0.155 e. The van der Waals surface area contributed by atoms with Crippen molar-refractivity contribution in [2.45, 2.75) is 64.2 Å². The molecule has 0 saturated heterocycles. The van der Waals surface area contributed by atoms with E-state index in [1.807, 2.05) is 0 Å². The number of carbonyl (C=O) groups excluding carboxylic acids is 1. The number of carbonyl (C=O) groups is 1. The van der Waals surface area contributed by atoms with Crippen molar-refractivity contribution in [2.75, 3.05) is 0 Å². The highest BCUT2D eigenvalue weighted by Crippen LogP contribution is 2.38. The number of ketones is 1. The Hall–Kier alpha value is -2.15. The Morgan fingerprint density at radius 3 is 2.11 bits per heavy atom. The van der Waals surface area contributed by atoms with Crippen LogP contribution < -0.4 is 0 Å². The SMILES string of the molecule is C=CC(=O)CCc1ccc(-c2ccc(C3CCC(CCC)CC3)cc2)cc1. The molecule has 1 nitrogen and oxygen atoms in total. The van der Waals surface area contributed by atoms with Crippen molar-refractivity contribution >= 4 is 5.78 Å². The van der Waals surface area contributed by atoms with Crippen LogP contribution in [0.2, 0.25) is 0 Å². The Bertz CT molecular complexity index is 731. The van der Waals surface area contributed by atoms with Crippen LogP contribution in [-0.2, 0) is 11.2 Å².